The summed E-state index contributed by atoms with van der Waals surface area (Å²) in [5, 5.41) is 7.49. The molecule has 28 heavy (non-hydrogen) atoms. The third kappa shape index (κ3) is 5.33. The van der Waals surface area contributed by atoms with Crippen molar-refractivity contribution >= 4 is 5.91 Å². The number of nitrogens with one attached hydrogen (secondary N) is 1. The van der Waals surface area contributed by atoms with E-state index in [1.807, 2.05) is 6.20 Å². The highest BCUT2D eigenvalue weighted by Gasteiger charge is 2.31. The lowest BCUT2D eigenvalue weighted by Crippen LogP contribution is -2.50. The van der Waals surface area contributed by atoms with Gasteiger partial charge in [-0.2, -0.15) is 5.10 Å². The molecule has 0 bridgehead atoms. The number of piperidine rings is 2. The van der Waals surface area contributed by atoms with Crippen LogP contribution in [-0.4, -0.2) is 78.0 Å². The van der Waals surface area contributed by atoms with Gasteiger partial charge < -0.3 is 10.1 Å². The number of aromatic nitrogens is 2. The molecule has 0 aromatic carbocycles. The van der Waals surface area contributed by atoms with Crippen LogP contribution in [0.25, 0.3) is 0 Å². The molecule has 7 nitrogen and oxygen atoms in total. The summed E-state index contributed by atoms with van der Waals surface area (Å²) < 4.78 is 7.11. The van der Waals surface area contributed by atoms with Crippen LogP contribution in [0.15, 0.2) is 6.20 Å². The fraction of sp³-hybridized carbons (Fsp3) is 0.810. The smallest absolute Gasteiger partial charge is 0.224 e. The lowest BCUT2D eigenvalue weighted by atomic mass is 9.93. The minimum absolute atomic E-state index is 0.131. The maximum Gasteiger partial charge on any atom is 0.224 e. The van der Waals surface area contributed by atoms with E-state index < -0.39 is 0 Å². The first-order chi connectivity index (χ1) is 13.6. The minimum atomic E-state index is 0.131. The van der Waals surface area contributed by atoms with Crippen molar-refractivity contribution in [2.75, 3.05) is 46.4 Å². The van der Waals surface area contributed by atoms with Gasteiger partial charge in [0.2, 0.25) is 5.91 Å². The molecule has 3 rings (SSSR count). The first-order valence-corrected chi connectivity index (χ1v) is 10.9. The molecule has 2 saturated heterocycles. The van der Waals surface area contributed by atoms with Gasteiger partial charge in [-0.15, -0.1) is 0 Å². The van der Waals surface area contributed by atoms with Gasteiger partial charge in [-0.25, -0.2) is 0 Å². The third-order valence-electron chi connectivity index (χ3n) is 6.40. The second kappa shape index (κ2) is 10.4. The van der Waals surface area contributed by atoms with E-state index in [2.05, 4.69) is 38.7 Å². The number of methoxy groups -OCH3 is 1. The van der Waals surface area contributed by atoms with Gasteiger partial charge in [0.1, 0.15) is 0 Å². The Morgan fingerprint density at radius 1 is 1.29 bits per heavy atom. The van der Waals surface area contributed by atoms with E-state index in [1.54, 1.807) is 7.11 Å². The zero-order valence-corrected chi connectivity index (χ0v) is 17.8. The number of likely N-dealkylation sites (tertiary alicyclic amines) is 2. The summed E-state index contributed by atoms with van der Waals surface area (Å²) in [7, 11) is 1.66. The highest BCUT2D eigenvalue weighted by atomic mass is 16.5. The molecule has 3 heterocycles. The summed E-state index contributed by atoms with van der Waals surface area (Å²) in [5.41, 5.74) is 2.65. The summed E-state index contributed by atoms with van der Waals surface area (Å²) in [6, 6.07) is 0.616. The fourth-order valence-electron chi connectivity index (χ4n) is 4.62. The molecule has 1 aromatic rings. The van der Waals surface area contributed by atoms with Crippen molar-refractivity contribution in [1.29, 1.82) is 0 Å². The maximum atomic E-state index is 12.4. The third-order valence-corrected chi connectivity index (χ3v) is 6.40. The van der Waals surface area contributed by atoms with Crippen LogP contribution in [0.5, 0.6) is 0 Å². The summed E-state index contributed by atoms with van der Waals surface area (Å²) in [6.45, 7) is 11.7. The van der Waals surface area contributed by atoms with Crippen LogP contribution in [-0.2, 0) is 22.6 Å². The van der Waals surface area contributed by atoms with Gasteiger partial charge >= 0.3 is 0 Å². The predicted octanol–water partition coefficient (Wildman–Crippen LogP) is 1.65. The molecule has 0 spiro atoms. The summed E-state index contributed by atoms with van der Waals surface area (Å²) >= 11 is 0. The Morgan fingerprint density at radius 2 is 2.07 bits per heavy atom. The number of hydrogen-bond acceptors (Lipinski definition) is 5. The van der Waals surface area contributed by atoms with E-state index >= 15 is 0 Å². The first kappa shape index (κ1) is 21.3. The van der Waals surface area contributed by atoms with Gasteiger partial charge in [0.05, 0.1) is 18.7 Å². The van der Waals surface area contributed by atoms with Gasteiger partial charge in [0.15, 0.2) is 0 Å². The predicted molar refractivity (Wildman–Crippen MR) is 110 cm³/mol. The number of rotatable bonds is 8. The quantitative estimate of drug-likeness (QED) is 0.683. The number of nitrogens with zero attached hydrogens (tertiary/aromatic N) is 4. The Bertz CT molecular complexity index is 624. The second-order valence-corrected chi connectivity index (χ2v) is 8.20. The van der Waals surface area contributed by atoms with E-state index in [1.165, 1.54) is 24.1 Å². The van der Waals surface area contributed by atoms with Gasteiger partial charge in [0, 0.05) is 50.6 Å². The molecular weight excluding hydrogens is 354 g/mol. The Morgan fingerprint density at radius 3 is 2.75 bits per heavy atom. The molecule has 7 heteroatoms. The molecule has 2 aliphatic heterocycles. The minimum Gasteiger partial charge on any atom is -0.383 e. The summed E-state index contributed by atoms with van der Waals surface area (Å²) in [6.07, 6.45) is 6.55. The highest BCUT2D eigenvalue weighted by molar-refractivity contribution is 5.78. The molecule has 0 aliphatic carbocycles. The number of carbonyl (C=O) groups excluding carboxylic acids is 1. The van der Waals surface area contributed by atoms with E-state index in [-0.39, 0.29) is 11.8 Å². The van der Waals surface area contributed by atoms with Crippen LogP contribution in [0.4, 0.5) is 0 Å². The zero-order valence-electron chi connectivity index (χ0n) is 17.8. The standard InChI is InChI=1S/C21H37N5O2/c1-4-26-17(2)19(14-23-26)15-24-11-7-20(8-12-24)25-10-5-6-18(16-25)21(27)22-9-13-28-3/h14,18,20H,4-13,15-16H2,1-3H3,(H,22,27)/t18-/m0/s1. The van der Waals surface area contributed by atoms with Crippen LogP contribution in [0.2, 0.25) is 0 Å². The van der Waals surface area contributed by atoms with E-state index in [4.69, 9.17) is 4.74 Å². The van der Waals surface area contributed by atoms with Gasteiger partial charge in [-0.3, -0.25) is 19.3 Å². The van der Waals surface area contributed by atoms with E-state index in [0.29, 0.717) is 19.2 Å². The molecule has 0 unspecified atom stereocenters. The normalized spacial score (nSPS) is 22.5. The van der Waals surface area contributed by atoms with Crippen LogP contribution < -0.4 is 5.32 Å². The van der Waals surface area contributed by atoms with Crippen LogP contribution in [0, 0.1) is 12.8 Å². The van der Waals surface area contributed by atoms with Crippen molar-refractivity contribution in [3.8, 4) is 0 Å². The van der Waals surface area contributed by atoms with Crippen LogP contribution >= 0.6 is 0 Å². The number of carbonyl (C=O) groups is 1. The molecule has 2 aliphatic rings. The average Bonchev–Trinajstić information content (AvgIpc) is 3.08. The molecule has 2 fully saturated rings. The molecule has 158 valence electrons. The van der Waals surface area contributed by atoms with Gasteiger partial charge in [0.25, 0.3) is 0 Å². The zero-order chi connectivity index (χ0) is 19.9. The number of hydrogen-bond donors (Lipinski definition) is 1. The molecule has 1 N–H and O–H groups in total. The Hall–Kier alpha value is -1.44. The van der Waals surface area contributed by atoms with Crippen molar-refractivity contribution in [3.63, 3.8) is 0 Å². The molecule has 1 amide bonds. The molecule has 1 aromatic heterocycles. The van der Waals surface area contributed by atoms with Crippen LogP contribution in [0.1, 0.15) is 43.9 Å². The fourth-order valence-corrected chi connectivity index (χ4v) is 4.62. The highest BCUT2D eigenvalue weighted by Crippen LogP contribution is 2.25. The van der Waals surface area contributed by atoms with Crippen molar-refractivity contribution in [2.24, 2.45) is 5.92 Å². The summed E-state index contributed by atoms with van der Waals surface area (Å²) in [5.74, 6) is 0.328. The second-order valence-electron chi connectivity index (χ2n) is 8.20. The number of aryl methyl sites for hydroxylation is 1. The van der Waals surface area contributed by atoms with Crippen molar-refractivity contribution in [1.82, 2.24) is 24.9 Å². The first-order valence-electron chi connectivity index (χ1n) is 10.9. The van der Waals surface area contributed by atoms with E-state index in [0.717, 1.165) is 52.1 Å². The summed E-state index contributed by atoms with van der Waals surface area (Å²) in [4.78, 5) is 17.5. The number of ether oxygens (including phenoxy) is 1. The van der Waals surface area contributed by atoms with Crippen molar-refractivity contribution < 1.29 is 9.53 Å². The van der Waals surface area contributed by atoms with Gasteiger partial charge in [-0.05, 0) is 59.2 Å². The largest absolute Gasteiger partial charge is 0.383 e. The Balaban J connectivity index is 1.45. The van der Waals surface area contributed by atoms with Gasteiger partial charge in [-0.1, -0.05) is 0 Å². The molecule has 1 atom stereocenters. The lowest BCUT2D eigenvalue weighted by Gasteiger charge is -2.42. The molecular formula is C21H37N5O2. The van der Waals surface area contributed by atoms with Crippen molar-refractivity contribution in [2.45, 2.75) is 58.7 Å². The maximum absolute atomic E-state index is 12.4. The van der Waals surface area contributed by atoms with Crippen molar-refractivity contribution in [3.05, 3.63) is 17.5 Å². The van der Waals surface area contributed by atoms with Crippen LogP contribution in [0.3, 0.4) is 0 Å². The molecule has 0 saturated carbocycles. The lowest BCUT2D eigenvalue weighted by molar-refractivity contribution is -0.127. The Kier molecular flexibility index (Phi) is 7.88. The monoisotopic (exact) mass is 391 g/mol. The topological polar surface area (TPSA) is 62.6 Å². The molecule has 0 radical (unpaired) electrons. The average molecular weight is 392 g/mol. The van der Waals surface area contributed by atoms with E-state index in [9.17, 15) is 4.79 Å². The Labute approximate surface area is 169 Å². The number of amides is 1. The SMILES string of the molecule is CCn1ncc(CN2CCC(N3CCC[C@H](C(=O)NCCOC)C3)CC2)c1C.